The number of nitro benzene ring substituents is 1. The zero-order chi connectivity index (χ0) is 26.4. The highest BCUT2D eigenvalue weighted by atomic mass is 32.1. The van der Waals surface area contributed by atoms with Crippen LogP contribution in [0.1, 0.15) is 43.0 Å². The lowest BCUT2D eigenvalue weighted by Crippen LogP contribution is -2.48. The molecule has 2 aromatic rings. The van der Waals surface area contributed by atoms with Crippen LogP contribution in [0.15, 0.2) is 42.5 Å². The van der Waals surface area contributed by atoms with Crippen molar-refractivity contribution in [1.82, 2.24) is 10.2 Å². The fourth-order valence-electron chi connectivity index (χ4n) is 4.82. The van der Waals surface area contributed by atoms with Crippen LogP contribution in [0.4, 0.5) is 22.7 Å². The number of piperazine rings is 1. The first-order chi connectivity index (χ1) is 17.9. The SMILES string of the molecule is CCC(=O)N1CCN(c2ccccc2NC(=S)NC(=O)c2ccc(N3CCCCC3)c([N+](=O)[O-])c2)CC1. The largest absolute Gasteiger partial charge is 0.366 e. The molecule has 2 heterocycles. The van der Waals surface area contributed by atoms with Crippen LogP contribution in [0.2, 0.25) is 0 Å². The topological polar surface area (TPSA) is 111 Å². The minimum Gasteiger partial charge on any atom is -0.366 e. The van der Waals surface area contributed by atoms with Gasteiger partial charge in [0.05, 0.1) is 16.3 Å². The van der Waals surface area contributed by atoms with Crippen LogP contribution in [0, 0.1) is 10.1 Å². The minimum atomic E-state index is -0.519. The Hall–Kier alpha value is -3.73. The maximum absolute atomic E-state index is 12.9. The van der Waals surface area contributed by atoms with Crippen LogP contribution < -0.4 is 20.4 Å². The number of carbonyl (C=O) groups is 2. The van der Waals surface area contributed by atoms with E-state index in [4.69, 9.17) is 12.2 Å². The fourth-order valence-corrected chi connectivity index (χ4v) is 5.02. The predicted octanol–water partition coefficient (Wildman–Crippen LogP) is 3.77. The van der Waals surface area contributed by atoms with Crippen molar-refractivity contribution in [2.24, 2.45) is 0 Å². The van der Waals surface area contributed by atoms with Gasteiger partial charge in [0.2, 0.25) is 5.91 Å². The molecule has 0 aromatic heterocycles. The Morgan fingerprint density at radius 3 is 2.30 bits per heavy atom. The van der Waals surface area contributed by atoms with Gasteiger partial charge in [-0.25, -0.2) is 0 Å². The third-order valence-electron chi connectivity index (χ3n) is 6.79. The zero-order valence-electron chi connectivity index (χ0n) is 20.9. The van der Waals surface area contributed by atoms with Gasteiger partial charge in [0, 0.05) is 57.3 Å². The third kappa shape index (κ3) is 6.34. The summed E-state index contributed by atoms with van der Waals surface area (Å²) in [6.45, 7) is 6.08. The Morgan fingerprint density at radius 2 is 1.62 bits per heavy atom. The van der Waals surface area contributed by atoms with Gasteiger partial charge in [-0.05, 0) is 55.7 Å². The van der Waals surface area contributed by atoms with E-state index in [0.717, 1.165) is 43.7 Å². The minimum absolute atomic E-state index is 0.0838. The summed E-state index contributed by atoms with van der Waals surface area (Å²) in [4.78, 5) is 42.3. The monoisotopic (exact) mass is 524 g/mol. The lowest BCUT2D eigenvalue weighted by molar-refractivity contribution is -0.384. The van der Waals surface area contributed by atoms with Crippen molar-refractivity contribution in [3.8, 4) is 0 Å². The first kappa shape index (κ1) is 26.3. The standard InChI is InChI=1S/C26H32N6O4S/c1-2-24(33)31-16-14-30(15-17-31)21-9-5-4-8-20(21)27-26(37)28-25(34)19-10-11-22(23(18-19)32(35)36)29-12-6-3-7-13-29/h4-5,8-11,18H,2-3,6-7,12-17H2,1H3,(H2,27,28,34,37). The Labute approximate surface area is 221 Å². The average Bonchev–Trinajstić information content (AvgIpc) is 2.93. The summed E-state index contributed by atoms with van der Waals surface area (Å²) in [7, 11) is 0. The first-order valence-electron chi connectivity index (χ1n) is 12.6. The smallest absolute Gasteiger partial charge is 0.293 e. The molecule has 2 amide bonds. The number of piperidine rings is 1. The van der Waals surface area contributed by atoms with Crippen LogP contribution in [0.25, 0.3) is 0 Å². The number of nitro groups is 1. The number of nitrogens with zero attached hydrogens (tertiary/aromatic N) is 4. The molecule has 0 spiro atoms. The number of para-hydroxylation sites is 2. The van der Waals surface area contributed by atoms with Crippen LogP contribution in [0.5, 0.6) is 0 Å². The van der Waals surface area contributed by atoms with Gasteiger partial charge < -0.3 is 20.0 Å². The molecule has 0 bridgehead atoms. The molecule has 2 aromatic carbocycles. The second kappa shape index (κ2) is 12.0. The average molecular weight is 525 g/mol. The van der Waals surface area contributed by atoms with Gasteiger partial charge in [-0.1, -0.05) is 19.1 Å². The number of amides is 2. The van der Waals surface area contributed by atoms with Crippen molar-refractivity contribution in [3.05, 3.63) is 58.1 Å². The van der Waals surface area contributed by atoms with Crippen LogP contribution in [-0.4, -0.2) is 66.0 Å². The maximum Gasteiger partial charge on any atom is 0.293 e. The molecule has 4 rings (SSSR count). The van der Waals surface area contributed by atoms with Crippen molar-refractivity contribution in [2.75, 3.05) is 54.4 Å². The van der Waals surface area contributed by atoms with Crippen LogP contribution in [-0.2, 0) is 4.79 Å². The number of carbonyl (C=O) groups excluding carboxylic acids is 2. The van der Waals surface area contributed by atoms with Gasteiger partial charge in [0.1, 0.15) is 5.69 Å². The number of rotatable bonds is 6. The van der Waals surface area contributed by atoms with E-state index < -0.39 is 10.8 Å². The van der Waals surface area contributed by atoms with Gasteiger partial charge in [-0.2, -0.15) is 0 Å². The molecule has 2 fully saturated rings. The van der Waals surface area contributed by atoms with E-state index in [9.17, 15) is 19.7 Å². The molecule has 0 aliphatic carbocycles. The Kier molecular flexibility index (Phi) is 8.54. The molecule has 2 aliphatic rings. The maximum atomic E-state index is 12.9. The van der Waals surface area contributed by atoms with Crippen molar-refractivity contribution >= 4 is 51.9 Å². The number of thiocarbonyl (C=S) groups is 1. The van der Waals surface area contributed by atoms with E-state index in [2.05, 4.69) is 15.5 Å². The molecular formula is C26H32N6O4S. The molecule has 0 atom stereocenters. The molecular weight excluding hydrogens is 492 g/mol. The van der Waals surface area contributed by atoms with E-state index in [1.54, 1.807) is 12.1 Å². The van der Waals surface area contributed by atoms with Gasteiger partial charge in [0.15, 0.2) is 5.11 Å². The molecule has 11 heteroatoms. The Morgan fingerprint density at radius 1 is 0.946 bits per heavy atom. The van der Waals surface area contributed by atoms with Crippen molar-refractivity contribution in [2.45, 2.75) is 32.6 Å². The van der Waals surface area contributed by atoms with Gasteiger partial charge >= 0.3 is 0 Å². The number of hydrogen-bond acceptors (Lipinski definition) is 7. The van der Waals surface area contributed by atoms with Gasteiger partial charge in [-0.3, -0.25) is 25.0 Å². The molecule has 37 heavy (non-hydrogen) atoms. The van der Waals surface area contributed by atoms with Crippen LogP contribution >= 0.6 is 12.2 Å². The first-order valence-corrected chi connectivity index (χ1v) is 13.1. The lowest BCUT2D eigenvalue weighted by Gasteiger charge is -2.37. The molecule has 2 saturated heterocycles. The molecule has 0 saturated carbocycles. The van der Waals surface area contributed by atoms with Crippen LogP contribution in [0.3, 0.4) is 0 Å². The summed E-state index contributed by atoms with van der Waals surface area (Å²) in [6, 6.07) is 12.2. The second-order valence-corrected chi connectivity index (χ2v) is 9.56. The molecule has 2 N–H and O–H groups in total. The summed E-state index contributed by atoms with van der Waals surface area (Å²) in [5.41, 5.74) is 2.27. The highest BCUT2D eigenvalue weighted by molar-refractivity contribution is 7.80. The summed E-state index contributed by atoms with van der Waals surface area (Å²) in [5.74, 6) is -0.367. The number of anilines is 3. The van der Waals surface area contributed by atoms with E-state index in [1.165, 1.54) is 6.07 Å². The lowest BCUT2D eigenvalue weighted by atomic mass is 10.1. The fraction of sp³-hybridized carbons (Fsp3) is 0.423. The van der Waals surface area contributed by atoms with Crippen molar-refractivity contribution in [3.63, 3.8) is 0 Å². The normalized spacial score (nSPS) is 15.8. The van der Waals surface area contributed by atoms with Gasteiger partial charge in [-0.15, -0.1) is 0 Å². The third-order valence-corrected chi connectivity index (χ3v) is 6.99. The van der Waals surface area contributed by atoms with Gasteiger partial charge in [0.25, 0.3) is 11.6 Å². The number of hydrogen-bond donors (Lipinski definition) is 2. The predicted molar refractivity (Wildman–Crippen MR) is 148 cm³/mol. The Bertz CT molecular complexity index is 1180. The molecule has 196 valence electrons. The van der Waals surface area contributed by atoms with E-state index in [0.29, 0.717) is 38.3 Å². The molecule has 0 radical (unpaired) electrons. The summed E-state index contributed by atoms with van der Waals surface area (Å²) in [6.07, 6.45) is 3.60. The highest BCUT2D eigenvalue weighted by Gasteiger charge is 2.24. The van der Waals surface area contributed by atoms with Crippen molar-refractivity contribution in [1.29, 1.82) is 0 Å². The number of nitrogens with one attached hydrogen (secondary N) is 2. The van der Waals surface area contributed by atoms with E-state index in [-0.39, 0.29) is 22.3 Å². The Balaban J connectivity index is 1.42. The molecule has 10 nitrogen and oxygen atoms in total. The van der Waals surface area contributed by atoms with E-state index in [1.807, 2.05) is 41.0 Å². The second-order valence-electron chi connectivity index (χ2n) is 9.16. The highest BCUT2D eigenvalue weighted by Crippen LogP contribution is 2.31. The zero-order valence-corrected chi connectivity index (χ0v) is 21.8. The number of benzene rings is 2. The summed E-state index contributed by atoms with van der Waals surface area (Å²) < 4.78 is 0. The quantitative estimate of drug-likeness (QED) is 0.334. The van der Waals surface area contributed by atoms with E-state index >= 15 is 0 Å². The summed E-state index contributed by atoms with van der Waals surface area (Å²) in [5, 5.41) is 17.6. The summed E-state index contributed by atoms with van der Waals surface area (Å²) >= 11 is 5.40. The van der Waals surface area contributed by atoms with Crippen molar-refractivity contribution < 1.29 is 14.5 Å². The molecule has 0 unspecified atom stereocenters. The molecule has 2 aliphatic heterocycles.